The van der Waals surface area contributed by atoms with Crippen LogP contribution in [0.25, 0.3) is 5.65 Å². The van der Waals surface area contributed by atoms with Crippen molar-refractivity contribution < 1.29 is 0 Å². The second-order valence-electron chi connectivity index (χ2n) is 5.57. The first kappa shape index (κ1) is 14.6. The van der Waals surface area contributed by atoms with Crippen molar-refractivity contribution in [2.45, 2.75) is 12.5 Å². The lowest BCUT2D eigenvalue weighted by atomic mass is 10.1. The SMILES string of the molecule is c1ccc([C@@H](NCCc2nnc3ccccn23)c2ncc[nH]2)cc1. The van der Waals surface area contributed by atoms with E-state index in [4.69, 9.17) is 0 Å². The summed E-state index contributed by atoms with van der Waals surface area (Å²) >= 11 is 0. The van der Waals surface area contributed by atoms with E-state index in [-0.39, 0.29) is 6.04 Å². The third kappa shape index (κ3) is 2.91. The highest BCUT2D eigenvalue weighted by molar-refractivity contribution is 5.37. The van der Waals surface area contributed by atoms with Crippen LogP contribution < -0.4 is 5.32 Å². The standard InChI is InChI=1S/C18H18N6/c1-2-6-14(7-3-1)17(18-20-11-12-21-18)19-10-9-16-23-22-15-8-4-5-13-24(15)16/h1-8,11-13,17,19H,9-10H2,(H,20,21)/t17-/m1/s1. The quantitative estimate of drug-likeness (QED) is 0.572. The Balaban J connectivity index is 1.50. The molecule has 6 heteroatoms. The molecule has 4 aromatic rings. The average Bonchev–Trinajstić information content (AvgIpc) is 3.30. The summed E-state index contributed by atoms with van der Waals surface area (Å²) in [5, 5.41) is 12.0. The fraction of sp³-hybridized carbons (Fsp3) is 0.167. The van der Waals surface area contributed by atoms with Gasteiger partial charge >= 0.3 is 0 Å². The first-order chi connectivity index (χ1) is 11.9. The monoisotopic (exact) mass is 318 g/mol. The average molecular weight is 318 g/mol. The summed E-state index contributed by atoms with van der Waals surface area (Å²) in [6, 6.07) is 16.2. The predicted octanol–water partition coefficient (Wildman–Crippen LogP) is 2.37. The van der Waals surface area contributed by atoms with Gasteiger partial charge in [-0.2, -0.15) is 0 Å². The number of pyridine rings is 1. The third-order valence-corrected chi connectivity index (χ3v) is 4.01. The van der Waals surface area contributed by atoms with Gasteiger partial charge in [0.05, 0.1) is 6.04 Å². The molecule has 0 fully saturated rings. The van der Waals surface area contributed by atoms with Crippen LogP contribution in [0.2, 0.25) is 0 Å². The molecular weight excluding hydrogens is 300 g/mol. The number of aromatic amines is 1. The van der Waals surface area contributed by atoms with Gasteiger partial charge in [0.1, 0.15) is 11.6 Å². The molecule has 0 saturated carbocycles. The Morgan fingerprint density at radius 2 is 1.92 bits per heavy atom. The molecule has 0 aliphatic carbocycles. The summed E-state index contributed by atoms with van der Waals surface area (Å²) in [7, 11) is 0. The van der Waals surface area contributed by atoms with E-state index in [1.165, 1.54) is 5.56 Å². The Hall–Kier alpha value is -2.99. The summed E-state index contributed by atoms with van der Waals surface area (Å²) in [4.78, 5) is 7.61. The van der Waals surface area contributed by atoms with E-state index < -0.39 is 0 Å². The second kappa shape index (κ2) is 6.64. The lowest BCUT2D eigenvalue weighted by Gasteiger charge is -2.17. The van der Waals surface area contributed by atoms with Gasteiger partial charge < -0.3 is 10.3 Å². The summed E-state index contributed by atoms with van der Waals surface area (Å²) in [6.45, 7) is 0.774. The molecule has 3 aromatic heterocycles. The van der Waals surface area contributed by atoms with Gasteiger partial charge in [0.15, 0.2) is 5.65 Å². The van der Waals surface area contributed by atoms with Crippen molar-refractivity contribution in [1.82, 2.24) is 29.9 Å². The molecule has 0 bridgehead atoms. The van der Waals surface area contributed by atoms with Gasteiger partial charge in [-0.25, -0.2) is 4.98 Å². The minimum absolute atomic E-state index is 0.0281. The Labute approximate surface area is 139 Å². The van der Waals surface area contributed by atoms with Gasteiger partial charge in [0.25, 0.3) is 0 Å². The van der Waals surface area contributed by atoms with Crippen LogP contribution in [0.4, 0.5) is 0 Å². The number of benzene rings is 1. The smallest absolute Gasteiger partial charge is 0.160 e. The molecule has 24 heavy (non-hydrogen) atoms. The van der Waals surface area contributed by atoms with Crippen molar-refractivity contribution in [3.63, 3.8) is 0 Å². The highest BCUT2D eigenvalue weighted by atomic mass is 15.2. The lowest BCUT2D eigenvalue weighted by Crippen LogP contribution is -2.26. The summed E-state index contributed by atoms with van der Waals surface area (Å²) < 4.78 is 2.02. The summed E-state index contributed by atoms with van der Waals surface area (Å²) in [5.74, 6) is 1.86. The number of aromatic nitrogens is 5. The van der Waals surface area contributed by atoms with E-state index in [1.807, 2.05) is 53.2 Å². The van der Waals surface area contributed by atoms with Crippen LogP contribution in [-0.2, 0) is 6.42 Å². The number of hydrogen-bond acceptors (Lipinski definition) is 4. The van der Waals surface area contributed by atoms with Crippen molar-refractivity contribution in [3.8, 4) is 0 Å². The van der Waals surface area contributed by atoms with Crippen LogP contribution in [0.5, 0.6) is 0 Å². The molecule has 0 amide bonds. The molecule has 4 rings (SSSR count). The lowest BCUT2D eigenvalue weighted by molar-refractivity contribution is 0.574. The van der Waals surface area contributed by atoms with E-state index in [1.54, 1.807) is 6.20 Å². The third-order valence-electron chi connectivity index (χ3n) is 4.01. The van der Waals surface area contributed by atoms with Gasteiger partial charge in [0.2, 0.25) is 0 Å². The molecular formula is C18H18N6. The summed E-state index contributed by atoms with van der Waals surface area (Å²) in [5.41, 5.74) is 2.05. The normalized spacial score (nSPS) is 12.5. The maximum absolute atomic E-state index is 4.41. The molecule has 0 radical (unpaired) electrons. The van der Waals surface area contributed by atoms with E-state index in [0.29, 0.717) is 0 Å². The largest absolute Gasteiger partial charge is 0.347 e. The molecule has 0 spiro atoms. The fourth-order valence-electron chi connectivity index (χ4n) is 2.84. The van der Waals surface area contributed by atoms with Crippen LogP contribution in [0.1, 0.15) is 23.3 Å². The molecule has 1 aromatic carbocycles. The van der Waals surface area contributed by atoms with E-state index in [0.717, 1.165) is 30.3 Å². The highest BCUT2D eigenvalue weighted by Crippen LogP contribution is 2.18. The van der Waals surface area contributed by atoms with Crippen LogP contribution >= 0.6 is 0 Å². The first-order valence-electron chi connectivity index (χ1n) is 7.98. The van der Waals surface area contributed by atoms with Gasteiger partial charge in [0, 0.05) is 31.6 Å². The van der Waals surface area contributed by atoms with Crippen molar-refractivity contribution >= 4 is 5.65 Å². The van der Waals surface area contributed by atoms with Crippen molar-refractivity contribution in [3.05, 3.63) is 84.3 Å². The zero-order valence-corrected chi connectivity index (χ0v) is 13.1. The molecule has 2 N–H and O–H groups in total. The predicted molar refractivity (Wildman–Crippen MR) is 91.6 cm³/mol. The maximum atomic E-state index is 4.41. The van der Waals surface area contributed by atoms with Gasteiger partial charge in [-0.1, -0.05) is 36.4 Å². The van der Waals surface area contributed by atoms with Crippen LogP contribution in [0.3, 0.4) is 0 Å². The van der Waals surface area contributed by atoms with Crippen LogP contribution in [0.15, 0.2) is 67.1 Å². The minimum Gasteiger partial charge on any atom is -0.347 e. The molecule has 3 heterocycles. The summed E-state index contributed by atoms with van der Waals surface area (Å²) in [6.07, 6.45) is 6.40. The Morgan fingerprint density at radius 1 is 1.04 bits per heavy atom. The molecule has 1 atom stereocenters. The number of imidazole rings is 1. The van der Waals surface area contributed by atoms with Gasteiger partial charge in [-0.3, -0.25) is 4.40 Å². The van der Waals surface area contributed by atoms with E-state index in [2.05, 4.69) is 37.6 Å². The van der Waals surface area contributed by atoms with E-state index >= 15 is 0 Å². The van der Waals surface area contributed by atoms with Crippen molar-refractivity contribution in [2.75, 3.05) is 6.54 Å². The van der Waals surface area contributed by atoms with Gasteiger partial charge in [-0.05, 0) is 17.7 Å². The van der Waals surface area contributed by atoms with Crippen LogP contribution in [0, 0.1) is 0 Å². The zero-order chi connectivity index (χ0) is 16.2. The number of nitrogens with zero attached hydrogens (tertiary/aromatic N) is 4. The van der Waals surface area contributed by atoms with E-state index in [9.17, 15) is 0 Å². The Kier molecular flexibility index (Phi) is 4.04. The molecule has 0 saturated heterocycles. The number of rotatable bonds is 6. The van der Waals surface area contributed by atoms with Gasteiger partial charge in [-0.15, -0.1) is 10.2 Å². The van der Waals surface area contributed by atoms with Crippen LogP contribution in [-0.4, -0.2) is 31.1 Å². The maximum Gasteiger partial charge on any atom is 0.160 e. The zero-order valence-electron chi connectivity index (χ0n) is 13.1. The molecule has 120 valence electrons. The number of hydrogen-bond donors (Lipinski definition) is 2. The number of nitrogens with one attached hydrogen (secondary N) is 2. The molecule has 6 nitrogen and oxygen atoms in total. The number of fused-ring (bicyclic) bond motifs is 1. The molecule has 0 aliphatic rings. The minimum atomic E-state index is 0.0281. The molecule has 0 unspecified atom stereocenters. The Morgan fingerprint density at radius 3 is 2.75 bits per heavy atom. The Bertz CT molecular complexity index is 898. The second-order valence-corrected chi connectivity index (χ2v) is 5.57. The number of H-pyrrole nitrogens is 1. The fourth-order valence-corrected chi connectivity index (χ4v) is 2.84. The molecule has 0 aliphatic heterocycles. The van der Waals surface area contributed by atoms with Crippen molar-refractivity contribution in [1.29, 1.82) is 0 Å². The van der Waals surface area contributed by atoms with Crippen molar-refractivity contribution in [2.24, 2.45) is 0 Å². The first-order valence-corrected chi connectivity index (χ1v) is 7.98. The highest BCUT2D eigenvalue weighted by Gasteiger charge is 2.16. The topological polar surface area (TPSA) is 70.9 Å².